The number of nitrogens with one attached hydrogen (secondary N) is 1. The number of halogens is 1. The molecule has 0 aliphatic carbocycles. The Morgan fingerprint density at radius 3 is 2.88 bits per heavy atom. The number of carbonyl (C=O) groups excluding carboxylic acids is 1. The fraction of sp³-hybridized carbons (Fsp3) is 0.400. The number of rotatable bonds is 3. The van der Waals surface area contributed by atoms with Gasteiger partial charge in [0.25, 0.3) is 5.91 Å². The van der Waals surface area contributed by atoms with Crippen molar-refractivity contribution in [2.75, 3.05) is 13.2 Å². The molecule has 1 aromatic rings. The van der Waals surface area contributed by atoms with Gasteiger partial charge in [0.15, 0.2) is 0 Å². The van der Waals surface area contributed by atoms with Crippen LogP contribution in [0.3, 0.4) is 0 Å². The average molecular weight is 320 g/mol. The Morgan fingerprint density at radius 2 is 2.29 bits per heavy atom. The molecular weight excluding hydrogens is 310 g/mol. The summed E-state index contributed by atoms with van der Waals surface area (Å²) < 4.78 is 5.93. The predicted molar refractivity (Wildman–Crippen MR) is 65.2 cm³/mol. The molecule has 17 heavy (non-hydrogen) atoms. The van der Waals surface area contributed by atoms with Crippen molar-refractivity contribution in [1.82, 2.24) is 5.32 Å². The van der Waals surface area contributed by atoms with E-state index in [2.05, 4.69) is 21.2 Å². The highest BCUT2D eigenvalue weighted by Gasteiger charge is 2.35. The van der Waals surface area contributed by atoms with Crippen molar-refractivity contribution in [2.24, 2.45) is 5.92 Å². The third-order valence-electron chi connectivity index (χ3n) is 2.54. The van der Waals surface area contributed by atoms with Crippen LogP contribution in [0.4, 0.5) is 0 Å². The van der Waals surface area contributed by atoms with E-state index in [-0.39, 0.29) is 19.1 Å². The summed E-state index contributed by atoms with van der Waals surface area (Å²) >= 11 is 4.67. The Kier molecular flexibility index (Phi) is 3.80. The summed E-state index contributed by atoms with van der Waals surface area (Å²) in [6.45, 7) is 0.391. The number of amides is 1. The number of carboxylic acids is 1. The highest BCUT2D eigenvalue weighted by atomic mass is 79.9. The first-order valence-corrected chi connectivity index (χ1v) is 6.60. The van der Waals surface area contributed by atoms with Gasteiger partial charge >= 0.3 is 5.97 Å². The maximum absolute atomic E-state index is 11.8. The Bertz CT molecular complexity index is 447. The summed E-state index contributed by atoms with van der Waals surface area (Å²) in [5, 5.41) is 13.3. The third kappa shape index (κ3) is 2.85. The number of hydrogen-bond donors (Lipinski definition) is 2. The van der Waals surface area contributed by atoms with Crippen LogP contribution in [0.15, 0.2) is 15.2 Å². The van der Waals surface area contributed by atoms with Gasteiger partial charge in [0.2, 0.25) is 0 Å². The minimum Gasteiger partial charge on any atom is -0.481 e. The molecule has 2 N–H and O–H groups in total. The highest BCUT2D eigenvalue weighted by molar-refractivity contribution is 9.11. The summed E-state index contributed by atoms with van der Waals surface area (Å²) in [4.78, 5) is 22.7. The smallest absolute Gasteiger partial charge is 0.311 e. The zero-order valence-electron chi connectivity index (χ0n) is 8.68. The van der Waals surface area contributed by atoms with E-state index in [1.54, 1.807) is 11.4 Å². The topological polar surface area (TPSA) is 75.6 Å². The maximum atomic E-state index is 11.8. The van der Waals surface area contributed by atoms with Gasteiger partial charge in [-0.1, -0.05) is 0 Å². The molecule has 1 amide bonds. The molecule has 0 saturated carbocycles. The molecule has 2 heterocycles. The summed E-state index contributed by atoms with van der Waals surface area (Å²) in [5.41, 5.74) is 0.526. The van der Waals surface area contributed by atoms with Crippen LogP contribution in [0.5, 0.6) is 0 Å². The molecule has 2 unspecified atom stereocenters. The molecule has 2 atom stereocenters. The molecular formula is C10H10BrNO4S. The minimum absolute atomic E-state index is 0.146. The lowest BCUT2D eigenvalue weighted by Gasteiger charge is -2.14. The SMILES string of the molecule is O=C(NC1COCC1C(=O)O)c1csc(Br)c1. The van der Waals surface area contributed by atoms with Crippen LogP contribution in [-0.4, -0.2) is 36.2 Å². The zero-order chi connectivity index (χ0) is 12.4. The van der Waals surface area contributed by atoms with Crippen LogP contribution in [0.25, 0.3) is 0 Å². The van der Waals surface area contributed by atoms with Gasteiger partial charge in [-0.15, -0.1) is 11.3 Å². The lowest BCUT2D eigenvalue weighted by Crippen LogP contribution is -2.42. The monoisotopic (exact) mass is 319 g/mol. The molecule has 7 heteroatoms. The Hall–Kier alpha value is -0.920. The molecule has 0 aromatic carbocycles. The van der Waals surface area contributed by atoms with Crippen molar-refractivity contribution < 1.29 is 19.4 Å². The molecule has 1 aliphatic rings. The summed E-state index contributed by atoms with van der Waals surface area (Å²) in [6, 6.07) is 1.24. The van der Waals surface area contributed by atoms with Gasteiger partial charge in [-0.25, -0.2) is 0 Å². The van der Waals surface area contributed by atoms with E-state index < -0.39 is 17.9 Å². The molecule has 2 rings (SSSR count). The number of carbonyl (C=O) groups is 2. The normalized spacial score (nSPS) is 23.6. The largest absolute Gasteiger partial charge is 0.481 e. The summed E-state index contributed by atoms with van der Waals surface area (Å²) in [6.07, 6.45) is 0. The fourth-order valence-electron chi connectivity index (χ4n) is 1.62. The third-order valence-corrected chi connectivity index (χ3v) is 4.05. The average Bonchev–Trinajstić information content (AvgIpc) is 2.86. The molecule has 0 bridgehead atoms. The van der Waals surface area contributed by atoms with Gasteiger partial charge < -0.3 is 15.2 Å². The standard InChI is InChI=1S/C10H10BrNO4S/c11-8-1-5(4-17-8)9(13)12-7-3-16-2-6(7)10(14)15/h1,4,6-7H,2-3H2,(H,12,13)(H,14,15). The van der Waals surface area contributed by atoms with E-state index in [4.69, 9.17) is 9.84 Å². The van der Waals surface area contributed by atoms with Crippen LogP contribution in [-0.2, 0) is 9.53 Å². The van der Waals surface area contributed by atoms with Gasteiger partial charge in [-0.05, 0) is 22.0 Å². The number of aliphatic carboxylic acids is 1. The first kappa shape index (κ1) is 12.5. The zero-order valence-corrected chi connectivity index (χ0v) is 11.1. The van der Waals surface area contributed by atoms with E-state index in [0.29, 0.717) is 5.56 Å². The van der Waals surface area contributed by atoms with Crippen LogP contribution in [0.2, 0.25) is 0 Å². The maximum Gasteiger partial charge on any atom is 0.311 e. The van der Waals surface area contributed by atoms with E-state index in [1.165, 1.54) is 11.3 Å². The van der Waals surface area contributed by atoms with Crippen molar-refractivity contribution >= 4 is 39.1 Å². The lowest BCUT2D eigenvalue weighted by molar-refractivity contribution is -0.142. The van der Waals surface area contributed by atoms with Gasteiger partial charge in [0, 0.05) is 5.38 Å². The Morgan fingerprint density at radius 1 is 1.53 bits per heavy atom. The van der Waals surface area contributed by atoms with Gasteiger partial charge in [0.1, 0.15) is 5.92 Å². The van der Waals surface area contributed by atoms with Crippen LogP contribution in [0.1, 0.15) is 10.4 Å². The van der Waals surface area contributed by atoms with E-state index in [1.807, 2.05) is 0 Å². The van der Waals surface area contributed by atoms with Crippen molar-refractivity contribution in [3.8, 4) is 0 Å². The fourth-order valence-corrected chi connectivity index (χ4v) is 2.76. The minimum atomic E-state index is -0.945. The summed E-state index contributed by atoms with van der Waals surface area (Å²) in [7, 11) is 0. The number of ether oxygens (including phenoxy) is 1. The van der Waals surface area contributed by atoms with Crippen molar-refractivity contribution in [2.45, 2.75) is 6.04 Å². The van der Waals surface area contributed by atoms with E-state index >= 15 is 0 Å². The Balaban J connectivity index is 2.01. The lowest BCUT2D eigenvalue weighted by atomic mass is 10.0. The van der Waals surface area contributed by atoms with Gasteiger partial charge in [-0.3, -0.25) is 9.59 Å². The van der Waals surface area contributed by atoms with Crippen LogP contribution >= 0.6 is 27.3 Å². The van der Waals surface area contributed by atoms with Crippen LogP contribution in [0, 0.1) is 5.92 Å². The first-order chi connectivity index (χ1) is 8.08. The first-order valence-electron chi connectivity index (χ1n) is 4.93. The second-order valence-corrected chi connectivity index (χ2v) is 5.99. The molecule has 1 aliphatic heterocycles. The Labute approximate surface area is 110 Å². The van der Waals surface area contributed by atoms with Crippen LogP contribution < -0.4 is 5.32 Å². The number of thiophene rings is 1. The van der Waals surface area contributed by atoms with E-state index in [0.717, 1.165) is 3.79 Å². The van der Waals surface area contributed by atoms with Gasteiger partial charge in [-0.2, -0.15) is 0 Å². The molecule has 1 saturated heterocycles. The molecule has 92 valence electrons. The van der Waals surface area contributed by atoms with Gasteiger partial charge in [0.05, 0.1) is 28.6 Å². The molecule has 1 fully saturated rings. The van der Waals surface area contributed by atoms with Crippen molar-refractivity contribution in [3.05, 3.63) is 20.8 Å². The quantitative estimate of drug-likeness (QED) is 0.881. The molecule has 0 radical (unpaired) electrons. The van der Waals surface area contributed by atoms with Crippen molar-refractivity contribution in [1.29, 1.82) is 0 Å². The molecule has 1 aromatic heterocycles. The second kappa shape index (κ2) is 5.16. The second-order valence-electron chi connectivity index (χ2n) is 3.70. The molecule has 0 spiro atoms. The number of carboxylic acid groups (broad SMARTS) is 1. The highest BCUT2D eigenvalue weighted by Crippen LogP contribution is 2.21. The summed E-state index contributed by atoms with van der Waals surface area (Å²) in [5.74, 6) is -1.88. The van der Waals surface area contributed by atoms with Crippen molar-refractivity contribution in [3.63, 3.8) is 0 Å². The predicted octanol–water partition coefficient (Wildman–Crippen LogP) is 1.34. The molecule has 5 nitrogen and oxygen atoms in total. The number of hydrogen-bond acceptors (Lipinski definition) is 4. The van der Waals surface area contributed by atoms with E-state index in [9.17, 15) is 9.59 Å².